The van der Waals surface area contributed by atoms with Gasteiger partial charge in [0.1, 0.15) is 6.04 Å². The van der Waals surface area contributed by atoms with Gasteiger partial charge in [0.25, 0.3) is 0 Å². The average Bonchev–Trinajstić information content (AvgIpc) is 2.90. The number of rotatable bonds is 6. The van der Waals surface area contributed by atoms with Crippen molar-refractivity contribution < 1.29 is 14.4 Å². The Hall–Kier alpha value is -2.50. The monoisotopic (exact) mass is 369 g/mol. The maximum Gasteiger partial charge on any atom is 0.243 e. The zero-order chi connectivity index (χ0) is 19.6. The number of nitrogens with one attached hydrogen (secondary N) is 1. The van der Waals surface area contributed by atoms with Gasteiger partial charge >= 0.3 is 0 Å². The maximum absolute atomic E-state index is 12.9. The van der Waals surface area contributed by atoms with Crippen LogP contribution in [0.1, 0.15) is 44.4 Å². The maximum atomic E-state index is 12.9. The minimum atomic E-state index is -0.764. The van der Waals surface area contributed by atoms with Crippen molar-refractivity contribution in [3.05, 3.63) is 41.7 Å². The second kappa shape index (κ2) is 8.03. The number of pyridine rings is 1. The van der Waals surface area contributed by atoms with Crippen LogP contribution in [0.3, 0.4) is 0 Å². The summed E-state index contributed by atoms with van der Waals surface area (Å²) in [7, 11) is 0. The number of imide groups is 1. The van der Waals surface area contributed by atoms with E-state index >= 15 is 0 Å². The number of allylic oxidation sites excluding steroid dienone is 2. The fourth-order valence-electron chi connectivity index (χ4n) is 3.90. The summed E-state index contributed by atoms with van der Waals surface area (Å²) in [6.45, 7) is 6.20. The summed E-state index contributed by atoms with van der Waals surface area (Å²) in [5.74, 6) is -1.15. The normalized spacial score (nSPS) is 22.9. The lowest BCUT2D eigenvalue weighted by Gasteiger charge is -2.27. The van der Waals surface area contributed by atoms with Crippen molar-refractivity contribution in [1.82, 2.24) is 15.2 Å². The van der Waals surface area contributed by atoms with E-state index < -0.39 is 6.04 Å². The first-order chi connectivity index (χ1) is 12.9. The van der Waals surface area contributed by atoms with E-state index in [1.165, 1.54) is 4.90 Å². The molecule has 0 saturated carbocycles. The first-order valence-corrected chi connectivity index (χ1v) is 9.60. The molecule has 2 heterocycles. The number of nitrogens with zero attached hydrogens (tertiary/aromatic N) is 2. The molecule has 0 unspecified atom stereocenters. The van der Waals surface area contributed by atoms with Crippen molar-refractivity contribution in [2.24, 2.45) is 17.8 Å². The Morgan fingerprint density at radius 3 is 2.41 bits per heavy atom. The Bertz CT molecular complexity index is 746. The average molecular weight is 369 g/mol. The highest BCUT2D eigenvalue weighted by atomic mass is 16.2. The first kappa shape index (κ1) is 19.3. The van der Waals surface area contributed by atoms with Gasteiger partial charge in [-0.3, -0.25) is 24.3 Å². The molecule has 6 nitrogen and oxygen atoms in total. The molecule has 0 bridgehead atoms. The molecule has 1 fully saturated rings. The lowest BCUT2D eigenvalue weighted by Crippen LogP contribution is -2.50. The number of fused-ring (bicyclic) bond motifs is 1. The molecule has 3 rings (SSSR count). The van der Waals surface area contributed by atoms with Crippen molar-refractivity contribution in [1.29, 1.82) is 0 Å². The molecule has 1 aliphatic carbocycles. The van der Waals surface area contributed by atoms with Crippen LogP contribution in [0.15, 0.2) is 30.5 Å². The summed E-state index contributed by atoms with van der Waals surface area (Å²) in [6, 6.07) is 3.02. The number of aromatic nitrogens is 1. The molecular formula is C21H27N3O3. The van der Waals surface area contributed by atoms with E-state index in [2.05, 4.69) is 10.3 Å². The fourth-order valence-corrected chi connectivity index (χ4v) is 3.90. The van der Waals surface area contributed by atoms with Gasteiger partial charge in [0, 0.05) is 6.20 Å². The molecule has 0 radical (unpaired) electrons. The van der Waals surface area contributed by atoms with E-state index in [4.69, 9.17) is 0 Å². The van der Waals surface area contributed by atoms with Crippen LogP contribution in [0, 0.1) is 24.7 Å². The summed E-state index contributed by atoms with van der Waals surface area (Å²) in [5.41, 5.74) is 1.77. The van der Waals surface area contributed by atoms with E-state index in [-0.39, 0.29) is 42.0 Å². The van der Waals surface area contributed by atoms with Gasteiger partial charge in [-0.1, -0.05) is 32.1 Å². The van der Waals surface area contributed by atoms with Crippen LogP contribution in [0.4, 0.5) is 0 Å². The van der Waals surface area contributed by atoms with E-state index in [0.717, 1.165) is 11.3 Å². The molecule has 0 aromatic carbocycles. The molecule has 1 aromatic heterocycles. The molecule has 144 valence electrons. The summed E-state index contributed by atoms with van der Waals surface area (Å²) in [4.78, 5) is 44.2. The molecule has 3 atom stereocenters. The van der Waals surface area contributed by atoms with Crippen LogP contribution in [0.5, 0.6) is 0 Å². The Balaban J connectivity index is 1.77. The van der Waals surface area contributed by atoms with E-state index in [1.807, 2.05) is 45.1 Å². The van der Waals surface area contributed by atoms with Crippen LogP contribution < -0.4 is 5.32 Å². The second-order valence-electron chi connectivity index (χ2n) is 7.83. The van der Waals surface area contributed by atoms with Crippen LogP contribution >= 0.6 is 0 Å². The number of hydrogen-bond donors (Lipinski definition) is 1. The molecule has 1 saturated heterocycles. The van der Waals surface area contributed by atoms with Crippen LogP contribution in [-0.2, 0) is 20.9 Å². The Kier molecular flexibility index (Phi) is 5.73. The molecule has 6 heteroatoms. The zero-order valence-corrected chi connectivity index (χ0v) is 16.1. The van der Waals surface area contributed by atoms with Gasteiger partial charge in [0.15, 0.2) is 0 Å². The largest absolute Gasteiger partial charge is 0.349 e. The summed E-state index contributed by atoms with van der Waals surface area (Å²) in [5, 5.41) is 2.88. The number of aryl methyl sites for hydroxylation is 1. The van der Waals surface area contributed by atoms with Gasteiger partial charge in [0.2, 0.25) is 17.7 Å². The Morgan fingerprint density at radius 2 is 1.85 bits per heavy atom. The Labute approximate surface area is 160 Å². The third-order valence-corrected chi connectivity index (χ3v) is 5.40. The summed E-state index contributed by atoms with van der Waals surface area (Å²) < 4.78 is 0. The third-order valence-electron chi connectivity index (χ3n) is 5.40. The van der Waals surface area contributed by atoms with E-state index in [1.54, 1.807) is 6.20 Å². The highest BCUT2D eigenvalue weighted by Crippen LogP contribution is 2.37. The fraction of sp³-hybridized carbons (Fsp3) is 0.524. The topological polar surface area (TPSA) is 79.4 Å². The summed E-state index contributed by atoms with van der Waals surface area (Å²) in [6.07, 6.45) is 7.21. The predicted molar refractivity (Wildman–Crippen MR) is 101 cm³/mol. The molecule has 2 aliphatic rings. The van der Waals surface area contributed by atoms with Crippen molar-refractivity contribution in [2.45, 2.75) is 52.6 Å². The number of hydrogen-bond acceptors (Lipinski definition) is 4. The van der Waals surface area contributed by atoms with Gasteiger partial charge in [-0.25, -0.2) is 0 Å². The molecule has 1 aliphatic heterocycles. The van der Waals surface area contributed by atoms with Crippen molar-refractivity contribution in [2.75, 3.05) is 0 Å². The van der Waals surface area contributed by atoms with Gasteiger partial charge in [-0.15, -0.1) is 0 Å². The van der Waals surface area contributed by atoms with Crippen molar-refractivity contribution in [3.63, 3.8) is 0 Å². The van der Waals surface area contributed by atoms with Gasteiger partial charge in [-0.2, -0.15) is 0 Å². The molecule has 0 spiro atoms. The van der Waals surface area contributed by atoms with Crippen LogP contribution in [-0.4, -0.2) is 33.6 Å². The smallest absolute Gasteiger partial charge is 0.243 e. The number of likely N-dealkylation sites (tertiary alicyclic amines) is 1. The van der Waals surface area contributed by atoms with Gasteiger partial charge in [-0.05, 0) is 43.7 Å². The second-order valence-corrected chi connectivity index (χ2v) is 7.83. The molecule has 3 amide bonds. The quantitative estimate of drug-likeness (QED) is 0.617. The minimum absolute atomic E-state index is 0.179. The molecule has 1 aromatic rings. The van der Waals surface area contributed by atoms with Gasteiger partial charge < -0.3 is 5.32 Å². The van der Waals surface area contributed by atoms with Crippen LogP contribution in [0.25, 0.3) is 0 Å². The molecular weight excluding hydrogens is 342 g/mol. The van der Waals surface area contributed by atoms with E-state index in [9.17, 15) is 14.4 Å². The summed E-state index contributed by atoms with van der Waals surface area (Å²) >= 11 is 0. The van der Waals surface area contributed by atoms with Gasteiger partial charge in [0.05, 0.1) is 24.1 Å². The van der Waals surface area contributed by atoms with Crippen LogP contribution in [0.2, 0.25) is 0 Å². The minimum Gasteiger partial charge on any atom is -0.349 e. The predicted octanol–water partition coefficient (Wildman–Crippen LogP) is 2.37. The zero-order valence-electron chi connectivity index (χ0n) is 16.1. The van der Waals surface area contributed by atoms with E-state index in [0.29, 0.717) is 19.3 Å². The SMILES string of the molecule is Cc1cccnc1CNC(=O)[C@@H](CC(C)C)N1C(=O)[C@H]2CC=CC[C@H]2C1=O. The number of carbonyl (C=O) groups is 3. The highest BCUT2D eigenvalue weighted by molar-refractivity contribution is 6.08. The Morgan fingerprint density at radius 1 is 1.22 bits per heavy atom. The number of amides is 3. The molecule has 27 heavy (non-hydrogen) atoms. The standard InChI is InChI=1S/C21H27N3O3/c1-13(2)11-18(19(25)23-12-17-14(3)7-6-10-22-17)24-20(26)15-8-4-5-9-16(15)21(24)27/h4-7,10,13,15-16,18H,8-9,11-12H2,1-3H3,(H,23,25)/t15-,16+,18-/m1/s1. The lowest BCUT2D eigenvalue weighted by atomic mass is 9.85. The highest BCUT2D eigenvalue weighted by Gasteiger charge is 2.51. The van der Waals surface area contributed by atoms with Crippen molar-refractivity contribution >= 4 is 17.7 Å². The molecule has 1 N–H and O–H groups in total. The number of carbonyl (C=O) groups excluding carboxylic acids is 3. The first-order valence-electron chi connectivity index (χ1n) is 9.60. The lowest BCUT2D eigenvalue weighted by molar-refractivity contribution is -0.148. The van der Waals surface area contributed by atoms with Crippen molar-refractivity contribution in [3.8, 4) is 0 Å². The third kappa shape index (κ3) is 3.94.